The standard InChI is InChI=1S/C15H26N4OS/c1-10(2)16-14(20)11(3)21-15-18-17-12(4)19(15)13-8-6-5-7-9-13/h10-11,13H,5-9H2,1-4H3,(H,16,20). The summed E-state index contributed by atoms with van der Waals surface area (Å²) in [4.78, 5) is 12.1. The number of nitrogens with one attached hydrogen (secondary N) is 1. The molecule has 0 aliphatic heterocycles. The van der Waals surface area contributed by atoms with E-state index in [1.54, 1.807) is 0 Å². The third-order valence-electron chi connectivity index (χ3n) is 3.86. The minimum atomic E-state index is -0.154. The largest absolute Gasteiger partial charge is 0.353 e. The lowest BCUT2D eigenvalue weighted by atomic mass is 9.95. The third kappa shape index (κ3) is 4.22. The summed E-state index contributed by atoms with van der Waals surface area (Å²) in [5.41, 5.74) is 0. The highest BCUT2D eigenvalue weighted by Gasteiger charge is 2.24. The van der Waals surface area contributed by atoms with Crippen molar-refractivity contribution in [3.8, 4) is 0 Å². The fraction of sp³-hybridized carbons (Fsp3) is 0.800. The van der Waals surface area contributed by atoms with Gasteiger partial charge in [0.1, 0.15) is 5.82 Å². The molecule has 5 nitrogen and oxygen atoms in total. The van der Waals surface area contributed by atoms with Gasteiger partial charge in [-0.15, -0.1) is 10.2 Å². The molecule has 118 valence electrons. The molecule has 1 amide bonds. The Morgan fingerprint density at radius 2 is 1.90 bits per heavy atom. The molecule has 1 saturated carbocycles. The average molecular weight is 310 g/mol. The van der Waals surface area contributed by atoms with E-state index in [2.05, 4.69) is 20.1 Å². The van der Waals surface area contributed by atoms with Crippen LogP contribution in [0.15, 0.2) is 5.16 Å². The van der Waals surface area contributed by atoms with Gasteiger partial charge < -0.3 is 9.88 Å². The molecule has 1 heterocycles. The summed E-state index contributed by atoms with van der Waals surface area (Å²) in [5, 5.41) is 12.2. The number of carbonyl (C=O) groups excluding carboxylic acids is 1. The number of aryl methyl sites for hydroxylation is 1. The maximum atomic E-state index is 12.1. The minimum Gasteiger partial charge on any atom is -0.353 e. The number of hydrogen-bond acceptors (Lipinski definition) is 4. The van der Waals surface area contributed by atoms with E-state index < -0.39 is 0 Å². The van der Waals surface area contributed by atoms with Gasteiger partial charge >= 0.3 is 0 Å². The molecule has 2 rings (SSSR count). The SMILES string of the molecule is Cc1nnc(SC(C)C(=O)NC(C)C)n1C1CCCCC1. The maximum absolute atomic E-state index is 12.1. The number of carbonyl (C=O) groups is 1. The lowest BCUT2D eigenvalue weighted by molar-refractivity contribution is -0.120. The summed E-state index contributed by atoms with van der Waals surface area (Å²) >= 11 is 1.51. The monoisotopic (exact) mass is 310 g/mol. The first-order valence-corrected chi connectivity index (χ1v) is 8.75. The molecule has 1 fully saturated rings. The molecule has 0 saturated heterocycles. The van der Waals surface area contributed by atoms with Gasteiger partial charge in [0.2, 0.25) is 5.91 Å². The van der Waals surface area contributed by atoms with Crippen molar-refractivity contribution in [3.05, 3.63) is 5.82 Å². The highest BCUT2D eigenvalue weighted by molar-refractivity contribution is 8.00. The van der Waals surface area contributed by atoms with Crippen LogP contribution in [0.25, 0.3) is 0 Å². The predicted molar refractivity (Wildman–Crippen MR) is 85.5 cm³/mol. The predicted octanol–water partition coefficient (Wildman–Crippen LogP) is 3.10. The van der Waals surface area contributed by atoms with Crippen LogP contribution >= 0.6 is 11.8 Å². The number of thioether (sulfide) groups is 1. The van der Waals surface area contributed by atoms with Crippen molar-refractivity contribution in [2.24, 2.45) is 0 Å². The molecule has 0 radical (unpaired) electrons. The quantitative estimate of drug-likeness (QED) is 0.849. The van der Waals surface area contributed by atoms with E-state index in [0.29, 0.717) is 6.04 Å². The van der Waals surface area contributed by atoms with E-state index in [0.717, 1.165) is 11.0 Å². The van der Waals surface area contributed by atoms with Gasteiger partial charge in [0.05, 0.1) is 5.25 Å². The molecule has 0 bridgehead atoms. The van der Waals surface area contributed by atoms with Crippen LogP contribution in [0.5, 0.6) is 0 Å². The zero-order valence-electron chi connectivity index (χ0n) is 13.4. The number of amides is 1. The zero-order valence-corrected chi connectivity index (χ0v) is 14.2. The highest BCUT2D eigenvalue weighted by Crippen LogP contribution is 2.33. The topological polar surface area (TPSA) is 59.8 Å². The molecule has 1 aromatic heterocycles. The van der Waals surface area contributed by atoms with Gasteiger partial charge in [-0.05, 0) is 40.5 Å². The molecule has 1 unspecified atom stereocenters. The van der Waals surface area contributed by atoms with Crippen LogP contribution in [-0.2, 0) is 4.79 Å². The number of rotatable bonds is 5. The number of nitrogens with zero attached hydrogens (tertiary/aromatic N) is 3. The van der Waals surface area contributed by atoms with Crippen molar-refractivity contribution >= 4 is 17.7 Å². The first-order valence-electron chi connectivity index (χ1n) is 7.87. The van der Waals surface area contributed by atoms with Crippen LogP contribution in [0.1, 0.15) is 64.7 Å². The molecule has 1 atom stereocenters. The Bertz CT molecular complexity index is 480. The summed E-state index contributed by atoms with van der Waals surface area (Å²) in [5.74, 6) is 1.02. The number of hydrogen-bond donors (Lipinski definition) is 1. The zero-order chi connectivity index (χ0) is 15.4. The molecule has 21 heavy (non-hydrogen) atoms. The smallest absolute Gasteiger partial charge is 0.233 e. The van der Waals surface area contributed by atoms with E-state index >= 15 is 0 Å². The first kappa shape index (κ1) is 16.3. The van der Waals surface area contributed by atoms with Gasteiger partial charge in [-0.25, -0.2) is 0 Å². The van der Waals surface area contributed by atoms with E-state index in [-0.39, 0.29) is 17.2 Å². The lowest BCUT2D eigenvalue weighted by Crippen LogP contribution is -2.36. The van der Waals surface area contributed by atoms with Crippen LogP contribution in [0.4, 0.5) is 0 Å². The summed E-state index contributed by atoms with van der Waals surface area (Å²) in [6, 6.07) is 0.662. The van der Waals surface area contributed by atoms with Gasteiger partial charge in [0, 0.05) is 12.1 Å². The van der Waals surface area contributed by atoms with Crippen molar-refractivity contribution in [2.45, 2.75) is 82.3 Å². The number of aromatic nitrogens is 3. The van der Waals surface area contributed by atoms with Crippen LogP contribution in [0.2, 0.25) is 0 Å². The van der Waals surface area contributed by atoms with Crippen molar-refractivity contribution < 1.29 is 4.79 Å². The van der Waals surface area contributed by atoms with Gasteiger partial charge in [-0.2, -0.15) is 0 Å². The molecule has 1 aromatic rings. The fourth-order valence-electron chi connectivity index (χ4n) is 2.80. The summed E-state index contributed by atoms with van der Waals surface area (Å²) < 4.78 is 2.24. The Kier molecular flexibility index (Phi) is 5.67. The van der Waals surface area contributed by atoms with Crippen LogP contribution in [0, 0.1) is 6.92 Å². The van der Waals surface area contributed by atoms with Crippen molar-refractivity contribution in [1.29, 1.82) is 0 Å². The van der Waals surface area contributed by atoms with Gasteiger partial charge in [0.15, 0.2) is 5.16 Å². The van der Waals surface area contributed by atoms with Gasteiger partial charge in [0.25, 0.3) is 0 Å². The second-order valence-electron chi connectivity index (χ2n) is 6.11. The molecular formula is C15H26N4OS. The Labute approximate surface area is 131 Å². The van der Waals surface area contributed by atoms with E-state index in [9.17, 15) is 4.79 Å². The van der Waals surface area contributed by atoms with Crippen molar-refractivity contribution in [2.75, 3.05) is 0 Å². The fourth-order valence-corrected chi connectivity index (χ4v) is 3.78. The Morgan fingerprint density at radius 3 is 2.52 bits per heavy atom. The van der Waals surface area contributed by atoms with Crippen molar-refractivity contribution in [3.63, 3.8) is 0 Å². The first-order chi connectivity index (χ1) is 9.99. The molecule has 0 spiro atoms. The van der Waals surface area contributed by atoms with Crippen LogP contribution in [-0.4, -0.2) is 32.0 Å². The summed E-state index contributed by atoms with van der Waals surface area (Å²) in [6.07, 6.45) is 6.26. The van der Waals surface area contributed by atoms with Crippen LogP contribution < -0.4 is 5.32 Å². The molecule has 1 aliphatic rings. The highest BCUT2D eigenvalue weighted by atomic mass is 32.2. The van der Waals surface area contributed by atoms with Gasteiger partial charge in [-0.3, -0.25) is 4.79 Å². The second-order valence-corrected chi connectivity index (χ2v) is 7.42. The van der Waals surface area contributed by atoms with E-state index in [1.165, 1.54) is 43.9 Å². The molecule has 0 aromatic carbocycles. The maximum Gasteiger partial charge on any atom is 0.233 e. The van der Waals surface area contributed by atoms with E-state index in [4.69, 9.17) is 0 Å². The average Bonchev–Trinajstić information content (AvgIpc) is 2.80. The summed E-state index contributed by atoms with van der Waals surface area (Å²) in [6.45, 7) is 7.88. The van der Waals surface area contributed by atoms with Crippen LogP contribution in [0.3, 0.4) is 0 Å². The molecule has 6 heteroatoms. The third-order valence-corrected chi connectivity index (χ3v) is 4.91. The molecular weight excluding hydrogens is 284 g/mol. The molecule has 1 aliphatic carbocycles. The minimum absolute atomic E-state index is 0.0610. The van der Waals surface area contributed by atoms with E-state index in [1.807, 2.05) is 27.7 Å². The lowest BCUT2D eigenvalue weighted by Gasteiger charge is -2.25. The Balaban J connectivity index is 2.08. The van der Waals surface area contributed by atoms with Crippen molar-refractivity contribution in [1.82, 2.24) is 20.1 Å². The summed E-state index contributed by atoms with van der Waals surface area (Å²) in [7, 11) is 0. The van der Waals surface area contributed by atoms with Gasteiger partial charge in [-0.1, -0.05) is 31.0 Å². The second kappa shape index (κ2) is 7.29. The Morgan fingerprint density at radius 1 is 1.24 bits per heavy atom. The Hall–Kier alpha value is -1.04. The molecule has 1 N–H and O–H groups in total. The normalized spacial score (nSPS) is 18.0.